The van der Waals surface area contributed by atoms with E-state index in [1.807, 2.05) is 6.08 Å². The first-order valence-electron chi connectivity index (χ1n) is 4.28. The molecule has 0 aromatic heterocycles. The fourth-order valence-corrected chi connectivity index (χ4v) is 18.2. The zero-order valence-electron chi connectivity index (χ0n) is 6.93. The number of halogens is 2. The van der Waals surface area contributed by atoms with Gasteiger partial charge in [0.1, 0.15) is 0 Å². The molecule has 1 aliphatic heterocycles. The molecule has 3 heteroatoms. The monoisotopic (exact) mass is 291 g/mol. The zero-order chi connectivity index (χ0) is 9.13. The van der Waals surface area contributed by atoms with E-state index < -0.39 is 13.7 Å². The molecular formula is C10H8Cl2Nb. The molecule has 0 unspecified atom stereocenters. The number of allylic oxidation sites excluding steroid dienone is 8. The van der Waals surface area contributed by atoms with Crippen molar-refractivity contribution in [2.45, 2.75) is 12.8 Å². The molecule has 0 bridgehead atoms. The van der Waals surface area contributed by atoms with Crippen molar-refractivity contribution in [1.82, 2.24) is 0 Å². The fourth-order valence-electron chi connectivity index (χ4n) is 2.10. The first-order valence-corrected chi connectivity index (χ1v) is 13.2. The molecule has 0 fully saturated rings. The van der Waals surface area contributed by atoms with E-state index in [1.54, 1.807) is 0 Å². The Hall–Kier alpha value is 0.280. The van der Waals surface area contributed by atoms with Gasteiger partial charge in [-0.1, -0.05) is 0 Å². The van der Waals surface area contributed by atoms with Gasteiger partial charge in [0, 0.05) is 0 Å². The molecule has 0 saturated heterocycles. The molecule has 0 N–H and O–H groups in total. The van der Waals surface area contributed by atoms with Gasteiger partial charge in [-0.05, 0) is 0 Å². The van der Waals surface area contributed by atoms with E-state index in [1.165, 1.54) is 11.4 Å². The van der Waals surface area contributed by atoms with Gasteiger partial charge in [-0.2, -0.15) is 0 Å². The van der Waals surface area contributed by atoms with Gasteiger partial charge in [0.2, 0.25) is 0 Å². The van der Waals surface area contributed by atoms with Gasteiger partial charge < -0.3 is 0 Å². The summed E-state index contributed by atoms with van der Waals surface area (Å²) in [6, 6.07) is 0. The summed E-state index contributed by atoms with van der Waals surface area (Å²) >= 11 is -3.48. The third-order valence-electron chi connectivity index (χ3n) is 2.88. The van der Waals surface area contributed by atoms with Crippen molar-refractivity contribution in [2.75, 3.05) is 0 Å². The molecule has 0 nitrogen and oxygen atoms in total. The summed E-state index contributed by atoms with van der Waals surface area (Å²) in [6.45, 7) is 0. The standard InChI is InChI=1S/2C5H4.2ClH.Nb/c2*1-2-4-5-3-1;;;/h2*1-2H,3H2;2*1H;/q;;;;+2/p-2. The zero-order valence-corrected chi connectivity index (χ0v) is 10.6. The Kier molecular flexibility index (Phi) is 1.49. The van der Waals surface area contributed by atoms with E-state index in [2.05, 4.69) is 24.3 Å². The molecule has 0 aromatic rings. The van der Waals surface area contributed by atoms with Crippen LogP contribution in [0.2, 0.25) is 0 Å². The maximum atomic E-state index is 6.68. The van der Waals surface area contributed by atoms with E-state index in [9.17, 15) is 0 Å². The third-order valence-corrected chi connectivity index (χ3v) is 18.9. The van der Waals surface area contributed by atoms with Gasteiger partial charge in [0.15, 0.2) is 0 Å². The number of hydrogen-bond donors (Lipinski definition) is 0. The topological polar surface area (TPSA) is 0 Å². The molecule has 2 aliphatic carbocycles. The Morgan fingerprint density at radius 3 is 2.62 bits per heavy atom. The van der Waals surface area contributed by atoms with Crippen molar-refractivity contribution in [3.63, 3.8) is 0 Å². The molecule has 0 spiro atoms. The van der Waals surface area contributed by atoms with Crippen LogP contribution < -0.4 is 0 Å². The predicted octanol–water partition coefficient (Wildman–Crippen LogP) is 3.82. The summed E-state index contributed by atoms with van der Waals surface area (Å²) in [5, 5.41) is 0. The predicted molar refractivity (Wildman–Crippen MR) is 53.0 cm³/mol. The van der Waals surface area contributed by atoms with Gasteiger partial charge >= 0.3 is 86.6 Å². The SMILES string of the molecule is [Cl][Nb]1([Cl])([C]2=[C]C=CC2)[C]2=[C]1CC=C2. The van der Waals surface area contributed by atoms with Crippen molar-refractivity contribution in [3.8, 4) is 0 Å². The van der Waals surface area contributed by atoms with Crippen LogP contribution in [0, 0.1) is 6.08 Å². The van der Waals surface area contributed by atoms with E-state index in [-0.39, 0.29) is 0 Å². The number of rotatable bonds is 1. The Labute approximate surface area is 86.2 Å². The molecule has 13 heavy (non-hydrogen) atoms. The molecular weight excluding hydrogens is 284 g/mol. The van der Waals surface area contributed by atoms with Crippen molar-refractivity contribution in [2.24, 2.45) is 0 Å². The summed E-state index contributed by atoms with van der Waals surface area (Å²) in [5.41, 5.74) is 0. The average Bonchev–Trinajstić information content (AvgIpc) is 2.68. The van der Waals surface area contributed by atoms with Crippen LogP contribution in [0.1, 0.15) is 12.8 Å². The molecule has 3 rings (SSSR count). The fraction of sp³-hybridized carbons (Fsp3) is 0.200. The Morgan fingerprint density at radius 1 is 1.23 bits per heavy atom. The van der Waals surface area contributed by atoms with Crippen LogP contribution in [-0.2, 0) is 13.7 Å². The first kappa shape index (κ1) is 8.58. The van der Waals surface area contributed by atoms with Gasteiger partial charge in [-0.3, -0.25) is 0 Å². The second kappa shape index (κ2) is 2.26. The van der Waals surface area contributed by atoms with Crippen molar-refractivity contribution < 1.29 is 13.7 Å². The summed E-state index contributed by atoms with van der Waals surface area (Å²) in [6.07, 6.45) is 13.4. The molecule has 3 aliphatic rings. The van der Waals surface area contributed by atoms with Crippen LogP contribution in [0.3, 0.4) is 0 Å². The summed E-state index contributed by atoms with van der Waals surface area (Å²) in [7, 11) is 13.4. The first-order chi connectivity index (χ1) is 6.14. The van der Waals surface area contributed by atoms with Crippen LogP contribution in [0.5, 0.6) is 0 Å². The quantitative estimate of drug-likeness (QED) is 0.645. The Bertz CT molecular complexity index is 424. The van der Waals surface area contributed by atoms with Gasteiger partial charge in [-0.15, -0.1) is 0 Å². The molecule has 1 radical (unpaired) electrons. The van der Waals surface area contributed by atoms with E-state index in [4.69, 9.17) is 18.4 Å². The molecule has 0 saturated carbocycles. The van der Waals surface area contributed by atoms with Gasteiger partial charge in [0.05, 0.1) is 0 Å². The molecule has 0 atom stereocenters. The molecule has 67 valence electrons. The van der Waals surface area contributed by atoms with Crippen LogP contribution in [0.15, 0.2) is 35.7 Å². The summed E-state index contributed by atoms with van der Waals surface area (Å²) < 4.78 is 3.81. The van der Waals surface area contributed by atoms with Crippen molar-refractivity contribution >= 4 is 18.4 Å². The van der Waals surface area contributed by atoms with E-state index in [0.717, 1.165) is 12.8 Å². The molecule has 0 amide bonds. The second-order valence-electron chi connectivity index (χ2n) is 3.54. The van der Waals surface area contributed by atoms with Crippen LogP contribution in [0.4, 0.5) is 0 Å². The van der Waals surface area contributed by atoms with Crippen molar-refractivity contribution in [1.29, 1.82) is 0 Å². The van der Waals surface area contributed by atoms with E-state index in [0.29, 0.717) is 0 Å². The van der Waals surface area contributed by atoms with Crippen LogP contribution >= 0.6 is 18.4 Å². The Balaban J connectivity index is 2.05. The van der Waals surface area contributed by atoms with Crippen molar-refractivity contribution in [3.05, 3.63) is 41.8 Å². The molecule has 0 aromatic carbocycles. The average molecular weight is 292 g/mol. The normalized spacial score (nSPS) is 34.0. The summed E-state index contributed by atoms with van der Waals surface area (Å²) in [5.74, 6) is 0. The van der Waals surface area contributed by atoms with E-state index >= 15 is 0 Å². The second-order valence-corrected chi connectivity index (χ2v) is 20.9. The van der Waals surface area contributed by atoms with Crippen LogP contribution in [0.25, 0.3) is 0 Å². The van der Waals surface area contributed by atoms with Gasteiger partial charge in [0.25, 0.3) is 0 Å². The summed E-state index contributed by atoms with van der Waals surface area (Å²) in [4.78, 5) is 0. The number of hydrogen-bond acceptors (Lipinski definition) is 0. The maximum absolute atomic E-state index is 6.68. The van der Waals surface area contributed by atoms with Crippen LogP contribution in [-0.4, -0.2) is 0 Å². The third kappa shape index (κ3) is 0.841. The Morgan fingerprint density at radius 2 is 2.08 bits per heavy atom. The van der Waals surface area contributed by atoms with Gasteiger partial charge in [-0.25, -0.2) is 0 Å². The minimum absolute atomic E-state index is 0.912. The molecule has 1 heterocycles. The minimum atomic E-state index is -3.48.